The summed E-state index contributed by atoms with van der Waals surface area (Å²) in [5.41, 5.74) is 1.85. The van der Waals surface area contributed by atoms with Crippen LogP contribution in [0.4, 0.5) is 5.69 Å². The predicted molar refractivity (Wildman–Crippen MR) is 80.8 cm³/mol. The quantitative estimate of drug-likeness (QED) is 0.756. The van der Waals surface area contributed by atoms with Crippen LogP contribution in [0.1, 0.15) is 10.4 Å². The van der Waals surface area contributed by atoms with Crippen LogP contribution in [-0.2, 0) is 0 Å². The number of nitrogens with one attached hydrogen (secondary N) is 1. The number of halogens is 1. The third-order valence-electron chi connectivity index (χ3n) is 2.88. The van der Waals surface area contributed by atoms with E-state index in [-0.39, 0.29) is 11.1 Å². The summed E-state index contributed by atoms with van der Waals surface area (Å²) in [7, 11) is 0. The van der Waals surface area contributed by atoms with Gasteiger partial charge in [0.25, 0.3) is 5.91 Å². The highest BCUT2D eigenvalue weighted by molar-refractivity contribution is 6.33. The molecular weight excluding hydrogens is 288 g/mol. The average Bonchev–Trinajstić information content (AvgIpc) is 3.02. The van der Waals surface area contributed by atoms with E-state index in [0.29, 0.717) is 11.3 Å². The van der Waals surface area contributed by atoms with Crippen molar-refractivity contribution in [1.29, 1.82) is 0 Å². The van der Waals surface area contributed by atoms with Gasteiger partial charge in [0, 0.05) is 24.3 Å². The molecule has 1 aromatic carbocycles. The fraction of sp³-hybridized carbons (Fsp3) is 0. The van der Waals surface area contributed by atoms with Crippen LogP contribution in [0.3, 0.4) is 0 Å². The Morgan fingerprint density at radius 2 is 2.05 bits per heavy atom. The molecular formula is C15H11ClN4O. The molecule has 2 aromatic heterocycles. The van der Waals surface area contributed by atoms with E-state index in [1.54, 1.807) is 29.1 Å². The minimum Gasteiger partial charge on any atom is -0.322 e. The van der Waals surface area contributed by atoms with Gasteiger partial charge in [-0.2, -0.15) is 5.10 Å². The monoisotopic (exact) mass is 298 g/mol. The Balaban J connectivity index is 1.84. The predicted octanol–water partition coefficient (Wildman–Crippen LogP) is 3.17. The fourth-order valence-corrected chi connectivity index (χ4v) is 2.11. The van der Waals surface area contributed by atoms with Gasteiger partial charge < -0.3 is 5.32 Å². The SMILES string of the molecule is O=C(Nc1cccc(-n2cccn2)c1)c1cccnc1Cl. The van der Waals surface area contributed by atoms with E-state index >= 15 is 0 Å². The van der Waals surface area contributed by atoms with Gasteiger partial charge in [-0.1, -0.05) is 17.7 Å². The largest absolute Gasteiger partial charge is 0.322 e. The molecule has 6 heteroatoms. The molecule has 0 aliphatic heterocycles. The maximum Gasteiger partial charge on any atom is 0.258 e. The van der Waals surface area contributed by atoms with Crippen molar-refractivity contribution in [2.75, 3.05) is 5.32 Å². The first-order chi connectivity index (χ1) is 10.2. The summed E-state index contributed by atoms with van der Waals surface area (Å²) in [6.45, 7) is 0. The molecule has 104 valence electrons. The second-order valence-corrected chi connectivity index (χ2v) is 4.65. The molecule has 0 aliphatic rings. The zero-order valence-electron chi connectivity index (χ0n) is 10.9. The van der Waals surface area contributed by atoms with Crippen molar-refractivity contribution in [1.82, 2.24) is 14.8 Å². The number of anilines is 1. The highest BCUT2D eigenvalue weighted by Crippen LogP contribution is 2.17. The lowest BCUT2D eigenvalue weighted by atomic mass is 10.2. The maximum absolute atomic E-state index is 12.2. The average molecular weight is 299 g/mol. The van der Waals surface area contributed by atoms with Crippen LogP contribution < -0.4 is 5.32 Å². The van der Waals surface area contributed by atoms with E-state index in [2.05, 4.69) is 15.4 Å². The van der Waals surface area contributed by atoms with Gasteiger partial charge in [0.1, 0.15) is 5.15 Å². The molecule has 1 amide bonds. The van der Waals surface area contributed by atoms with E-state index in [1.807, 2.05) is 30.5 Å². The summed E-state index contributed by atoms with van der Waals surface area (Å²) in [4.78, 5) is 16.1. The smallest absolute Gasteiger partial charge is 0.258 e. The summed E-state index contributed by atoms with van der Waals surface area (Å²) < 4.78 is 1.71. The Morgan fingerprint density at radius 1 is 1.14 bits per heavy atom. The number of amides is 1. The minimum atomic E-state index is -0.300. The third kappa shape index (κ3) is 2.93. The summed E-state index contributed by atoms with van der Waals surface area (Å²) in [5, 5.41) is 7.13. The number of rotatable bonds is 3. The second-order valence-electron chi connectivity index (χ2n) is 4.30. The first-order valence-corrected chi connectivity index (χ1v) is 6.64. The van der Waals surface area contributed by atoms with Gasteiger partial charge in [-0.25, -0.2) is 9.67 Å². The lowest BCUT2D eigenvalue weighted by Gasteiger charge is -2.08. The maximum atomic E-state index is 12.2. The number of carbonyl (C=O) groups excluding carboxylic acids is 1. The van der Waals surface area contributed by atoms with Crippen LogP contribution in [0.25, 0.3) is 5.69 Å². The van der Waals surface area contributed by atoms with Crippen molar-refractivity contribution in [3.8, 4) is 5.69 Å². The van der Waals surface area contributed by atoms with Crippen molar-refractivity contribution in [2.45, 2.75) is 0 Å². The molecule has 21 heavy (non-hydrogen) atoms. The number of aromatic nitrogens is 3. The highest BCUT2D eigenvalue weighted by atomic mass is 35.5. The van der Waals surface area contributed by atoms with E-state index < -0.39 is 0 Å². The fourth-order valence-electron chi connectivity index (χ4n) is 1.90. The zero-order chi connectivity index (χ0) is 14.7. The normalized spacial score (nSPS) is 10.3. The van der Waals surface area contributed by atoms with Crippen LogP contribution >= 0.6 is 11.6 Å². The van der Waals surface area contributed by atoms with Crippen molar-refractivity contribution in [2.24, 2.45) is 0 Å². The van der Waals surface area contributed by atoms with Gasteiger partial charge in [-0.15, -0.1) is 0 Å². The standard InChI is InChI=1S/C15H11ClN4O/c16-14-13(6-2-7-17-14)15(21)19-11-4-1-5-12(10-11)20-9-3-8-18-20/h1-10H,(H,19,21). The highest BCUT2D eigenvalue weighted by Gasteiger charge is 2.11. The Labute approximate surface area is 126 Å². The van der Waals surface area contributed by atoms with E-state index in [1.165, 1.54) is 6.20 Å². The van der Waals surface area contributed by atoms with Crippen molar-refractivity contribution in [3.05, 3.63) is 71.8 Å². The Kier molecular flexibility index (Phi) is 3.66. The van der Waals surface area contributed by atoms with Gasteiger partial charge in [-0.3, -0.25) is 4.79 Å². The third-order valence-corrected chi connectivity index (χ3v) is 3.18. The van der Waals surface area contributed by atoms with Crippen LogP contribution in [0.2, 0.25) is 5.15 Å². The van der Waals surface area contributed by atoms with Crippen LogP contribution in [0.15, 0.2) is 61.1 Å². The molecule has 0 saturated carbocycles. The summed E-state index contributed by atoms with van der Waals surface area (Å²) in [5.74, 6) is -0.300. The molecule has 0 radical (unpaired) electrons. The number of nitrogens with zero attached hydrogens (tertiary/aromatic N) is 3. The summed E-state index contributed by atoms with van der Waals surface area (Å²) in [6, 6.07) is 12.5. The zero-order valence-corrected chi connectivity index (χ0v) is 11.7. The molecule has 0 atom stereocenters. The molecule has 5 nitrogen and oxygen atoms in total. The van der Waals surface area contributed by atoms with Crippen molar-refractivity contribution < 1.29 is 4.79 Å². The number of hydrogen-bond donors (Lipinski definition) is 1. The lowest BCUT2D eigenvalue weighted by molar-refractivity contribution is 0.102. The van der Waals surface area contributed by atoms with Crippen LogP contribution in [0.5, 0.6) is 0 Å². The molecule has 3 rings (SSSR count). The number of hydrogen-bond acceptors (Lipinski definition) is 3. The minimum absolute atomic E-state index is 0.179. The molecule has 0 spiro atoms. The Bertz CT molecular complexity index is 771. The lowest BCUT2D eigenvalue weighted by Crippen LogP contribution is -2.13. The Hall–Kier alpha value is -2.66. The molecule has 0 saturated heterocycles. The topological polar surface area (TPSA) is 59.8 Å². The van der Waals surface area contributed by atoms with Crippen LogP contribution in [0, 0.1) is 0 Å². The van der Waals surface area contributed by atoms with Gasteiger partial charge in [-0.05, 0) is 36.4 Å². The Morgan fingerprint density at radius 3 is 2.81 bits per heavy atom. The van der Waals surface area contributed by atoms with Gasteiger partial charge in [0.2, 0.25) is 0 Å². The first-order valence-electron chi connectivity index (χ1n) is 6.26. The van der Waals surface area contributed by atoms with Crippen molar-refractivity contribution in [3.63, 3.8) is 0 Å². The van der Waals surface area contributed by atoms with Gasteiger partial charge in [0.05, 0.1) is 11.3 Å². The first kappa shape index (κ1) is 13.3. The molecule has 0 aliphatic carbocycles. The number of pyridine rings is 1. The summed E-state index contributed by atoms with van der Waals surface area (Å²) >= 11 is 5.91. The molecule has 0 unspecified atom stereocenters. The van der Waals surface area contributed by atoms with Gasteiger partial charge >= 0.3 is 0 Å². The van der Waals surface area contributed by atoms with Crippen molar-refractivity contribution >= 4 is 23.2 Å². The number of benzene rings is 1. The van der Waals surface area contributed by atoms with E-state index in [9.17, 15) is 4.79 Å². The molecule has 0 bridgehead atoms. The van der Waals surface area contributed by atoms with E-state index in [4.69, 9.17) is 11.6 Å². The van der Waals surface area contributed by atoms with Crippen LogP contribution in [-0.4, -0.2) is 20.7 Å². The summed E-state index contributed by atoms with van der Waals surface area (Å²) in [6.07, 6.45) is 5.07. The molecule has 3 aromatic rings. The van der Waals surface area contributed by atoms with E-state index in [0.717, 1.165) is 5.69 Å². The number of carbonyl (C=O) groups is 1. The molecule has 0 fully saturated rings. The molecule has 2 heterocycles. The molecule has 1 N–H and O–H groups in total. The second kappa shape index (κ2) is 5.76. The van der Waals surface area contributed by atoms with Gasteiger partial charge in [0.15, 0.2) is 0 Å².